The summed E-state index contributed by atoms with van der Waals surface area (Å²) in [5, 5.41) is 0. The van der Waals surface area contributed by atoms with Crippen molar-refractivity contribution < 1.29 is 9.53 Å². The third-order valence-electron chi connectivity index (χ3n) is 1.83. The molecular formula is C10H12Cl2O2S. The maximum atomic E-state index is 11.6. The minimum absolute atomic E-state index is 0.0762. The van der Waals surface area contributed by atoms with Gasteiger partial charge in [-0.2, -0.15) is 0 Å². The lowest BCUT2D eigenvalue weighted by Gasteiger charge is -2.01. The van der Waals surface area contributed by atoms with Gasteiger partial charge in [-0.3, -0.25) is 4.79 Å². The SMILES string of the molecule is CCCCOCC(=O)c1cc(Cl)sc1Cl. The lowest BCUT2D eigenvalue weighted by Crippen LogP contribution is -2.09. The van der Waals surface area contributed by atoms with E-state index in [4.69, 9.17) is 27.9 Å². The van der Waals surface area contributed by atoms with Gasteiger partial charge in [0, 0.05) is 6.61 Å². The zero-order valence-corrected chi connectivity index (χ0v) is 10.7. The molecule has 0 aliphatic rings. The monoisotopic (exact) mass is 266 g/mol. The van der Waals surface area contributed by atoms with E-state index in [0.29, 0.717) is 20.8 Å². The second-order valence-electron chi connectivity index (χ2n) is 3.07. The van der Waals surface area contributed by atoms with Crippen molar-refractivity contribution in [2.24, 2.45) is 0 Å². The second-order valence-corrected chi connectivity index (χ2v) is 5.35. The number of carbonyl (C=O) groups is 1. The van der Waals surface area contributed by atoms with Crippen molar-refractivity contribution in [1.29, 1.82) is 0 Å². The molecule has 2 nitrogen and oxygen atoms in total. The lowest BCUT2D eigenvalue weighted by molar-refractivity contribution is 0.0755. The highest BCUT2D eigenvalue weighted by Crippen LogP contribution is 2.31. The molecule has 0 fully saturated rings. The van der Waals surface area contributed by atoms with E-state index in [1.807, 2.05) is 0 Å². The van der Waals surface area contributed by atoms with E-state index in [9.17, 15) is 4.79 Å². The molecule has 0 N–H and O–H groups in total. The maximum Gasteiger partial charge on any atom is 0.190 e. The summed E-state index contributed by atoms with van der Waals surface area (Å²) >= 11 is 12.8. The van der Waals surface area contributed by atoms with Crippen LogP contribution in [0.2, 0.25) is 8.67 Å². The molecule has 1 rings (SSSR count). The summed E-state index contributed by atoms with van der Waals surface area (Å²) in [6, 6.07) is 1.58. The van der Waals surface area contributed by atoms with Gasteiger partial charge in [-0.05, 0) is 12.5 Å². The number of Topliss-reactive ketones (excluding diaryl/α,β-unsaturated/α-hetero) is 1. The Morgan fingerprint density at radius 1 is 1.53 bits per heavy atom. The quantitative estimate of drug-likeness (QED) is 0.574. The molecule has 5 heteroatoms. The van der Waals surface area contributed by atoms with E-state index in [1.165, 1.54) is 11.3 Å². The number of ketones is 1. The lowest BCUT2D eigenvalue weighted by atomic mass is 10.2. The minimum atomic E-state index is -0.112. The van der Waals surface area contributed by atoms with E-state index in [2.05, 4.69) is 6.92 Å². The number of hydrogen-bond donors (Lipinski definition) is 0. The molecule has 0 aromatic carbocycles. The van der Waals surface area contributed by atoms with Crippen molar-refractivity contribution in [2.45, 2.75) is 19.8 Å². The van der Waals surface area contributed by atoms with Crippen LogP contribution < -0.4 is 0 Å². The summed E-state index contributed by atoms with van der Waals surface area (Å²) in [5.74, 6) is -0.112. The third kappa shape index (κ3) is 4.11. The van der Waals surface area contributed by atoms with E-state index < -0.39 is 0 Å². The first-order valence-electron chi connectivity index (χ1n) is 4.71. The van der Waals surface area contributed by atoms with E-state index in [1.54, 1.807) is 6.07 Å². The van der Waals surface area contributed by atoms with Gasteiger partial charge in [-0.1, -0.05) is 36.5 Å². The summed E-state index contributed by atoms with van der Waals surface area (Å²) < 4.78 is 6.17. The number of hydrogen-bond acceptors (Lipinski definition) is 3. The molecule has 0 amide bonds. The molecule has 84 valence electrons. The fourth-order valence-corrected chi connectivity index (χ4v) is 2.52. The van der Waals surface area contributed by atoms with Gasteiger partial charge in [0.2, 0.25) is 0 Å². The van der Waals surface area contributed by atoms with Gasteiger partial charge in [0.15, 0.2) is 5.78 Å². The van der Waals surface area contributed by atoms with Crippen LogP contribution in [0.3, 0.4) is 0 Å². The van der Waals surface area contributed by atoms with Gasteiger partial charge >= 0.3 is 0 Å². The molecule has 0 spiro atoms. The summed E-state index contributed by atoms with van der Waals surface area (Å²) in [7, 11) is 0. The van der Waals surface area contributed by atoms with Crippen molar-refractivity contribution >= 4 is 40.3 Å². The van der Waals surface area contributed by atoms with Crippen LogP contribution in [0.4, 0.5) is 0 Å². The van der Waals surface area contributed by atoms with Gasteiger partial charge in [0.1, 0.15) is 10.9 Å². The number of rotatable bonds is 6. The number of carbonyl (C=O) groups excluding carboxylic acids is 1. The molecule has 15 heavy (non-hydrogen) atoms. The number of ether oxygens (including phenoxy) is 1. The average molecular weight is 267 g/mol. The molecule has 0 radical (unpaired) electrons. The summed E-state index contributed by atoms with van der Waals surface area (Å²) in [4.78, 5) is 11.6. The molecule has 0 aliphatic carbocycles. The van der Waals surface area contributed by atoms with Crippen molar-refractivity contribution in [3.05, 3.63) is 20.3 Å². The van der Waals surface area contributed by atoms with Crippen molar-refractivity contribution in [1.82, 2.24) is 0 Å². The highest BCUT2D eigenvalue weighted by atomic mass is 35.5. The Morgan fingerprint density at radius 3 is 2.80 bits per heavy atom. The van der Waals surface area contributed by atoms with Crippen molar-refractivity contribution in [3.63, 3.8) is 0 Å². The fraction of sp³-hybridized carbons (Fsp3) is 0.500. The van der Waals surface area contributed by atoms with E-state index in [-0.39, 0.29) is 12.4 Å². The first kappa shape index (κ1) is 13.0. The molecule has 0 aliphatic heterocycles. The van der Waals surface area contributed by atoms with Crippen molar-refractivity contribution in [3.8, 4) is 0 Å². The predicted molar refractivity (Wildman–Crippen MR) is 64.4 cm³/mol. The molecule has 0 unspecified atom stereocenters. The smallest absolute Gasteiger partial charge is 0.190 e. The minimum Gasteiger partial charge on any atom is -0.373 e. The predicted octanol–water partition coefficient (Wildman–Crippen LogP) is 4.05. The van der Waals surface area contributed by atoms with Crippen LogP contribution in [0, 0.1) is 0 Å². The standard InChI is InChI=1S/C10H12Cl2O2S/c1-2-3-4-14-6-8(13)7-5-9(11)15-10(7)12/h5H,2-4,6H2,1H3. The largest absolute Gasteiger partial charge is 0.373 e. The fourth-order valence-electron chi connectivity index (χ4n) is 1.02. The molecular weight excluding hydrogens is 255 g/mol. The Kier molecular flexibility index (Phi) is 5.61. The summed E-state index contributed by atoms with van der Waals surface area (Å²) in [6.45, 7) is 2.76. The zero-order chi connectivity index (χ0) is 11.3. The van der Waals surface area contributed by atoms with Crippen LogP contribution in [-0.2, 0) is 4.74 Å². The Bertz CT molecular complexity index is 336. The average Bonchev–Trinajstić information content (AvgIpc) is 2.52. The second kappa shape index (κ2) is 6.48. The normalized spacial score (nSPS) is 10.6. The van der Waals surface area contributed by atoms with E-state index in [0.717, 1.165) is 12.8 Å². The Hall–Kier alpha value is -0.0900. The van der Waals surface area contributed by atoms with Crippen LogP contribution in [-0.4, -0.2) is 19.0 Å². The van der Waals surface area contributed by atoms with Crippen LogP contribution in [0.1, 0.15) is 30.1 Å². The van der Waals surface area contributed by atoms with Crippen LogP contribution in [0.15, 0.2) is 6.07 Å². The topological polar surface area (TPSA) is 26.3 Å². The highest BCUT2D eigenvalue weighted by molar-refractivity contribution is 7.20. The van der Waals surface area contributed by atoms with Crippen LogP contribution in [0.5, 0.6) is 0 Å². The number of thiophene rings is 1. The van der Waals surface area contributed by atoms with Crippen molar-refractivity contribution in [2.75, 3.05) is 13.2 Å². The Labute approximate surface area is 103 Å². The van der Waals surface area contributed by atoms with Crippen LogP contribution in [0.25, 0.3) is 0 Å². The van der Waals surface area contributed by atoms with Gasteiger partial charge in [0.25, 0.3) is 0 Å². The molecule has 0 saturated carbocycles. The van der Waals surface area contributed by atoms with Crippen LogP contribution >= 0.6 is 34.5 Å². The summed E-state index contributed by atoms with van der Waals surface area (Å²) in [6.07, 6.45) is 2.02. The van der Waals surface area contributed by atoms with Gasteiger partial charge in [-0.25, -0.2) is 0 Å². The zero-order valence-electron chi connectivity index (χ0n) is 8.39. The highest BCUT2D eigenvalue weighted by Gasteiger charge is 2.13. The molecule has 0 atom stereocenters. The third-order valence-corrected chi connectivity index (χ3v) is 3.32. The first-order chi connectivity index (χ1) is 7.15. The molecule has 0 saturated heterocycles. The number of unbranched alkanes of at least 4 members (excludes halogenated alkanes) is 1. The van der Waals surface area contributed by atoms with Gasteiger partial charge in [0.05, 0.1) is 9.90 Å². The summed E-state index contributed by atoms with van der Waals surface area (Å²) in [5.41, 5.74) is 0.461. The van der Waals surface area contributed by atoms with Gasteiger partial charge < -0.3 is 4.74 Å². The molecule has 1 heterocycles. The Morgan fingerprint density at radius 2 is 2.27 bits per heavy atom. The molecule has 1 aromatic rings. The molecule has 0 bridgehead atoms. The first-order valence-corrected chi connectivity index (χ1v) is 6.28. The molecule has 1 aromatic heterocycles. The maximum absolute atomic E-state index is 11.6. The van der Waals surface area contributed by atoms with E-state index >= 15 is 0 Å². The Balaban J connectivity index is 2.43. The van der Waals surface area contributed by atoms with Gasteiger partial charge in [-0.15, -0.1) is 11.3 Å². The number of halogens is 2.